The molecule has 1 saturated heterocycles. The van der Waals surface area contributed by atoms with Gasteiger partial charge in [0.05, 0.1) is 18.0 Å². The van der Waals surface area contributed by atoms with Crippen molar-refractivity contribution in [1.82, 2.24) is 25.0 Å². The van der Waals surface area contributed by atoms with Gasteiger partial charge in [0.15, 0.2) is 5.82 Å². The van der Waals surface area contributed by atoms with Crippen LogP contribution < -0.4 is 5.32 Å². The number of aryl methyl sites for hydroxylation is 1. The molecule has 4 heterocycles. The van der Waals surface area contributed by atoms with Crippen molar-refractivity contribution in [3.8, 4) is 17.1 Å². The summed E-state index contributed by atoms with van der Waals surface area (Å²) in [7, 11) is 1.63. The van der Waals surface area contributed by atoms with Crippen LogP contribution in [-0.4, -0.2) is 50.5 Å². The van der Waals surface area contributed by atoms with E-state index in [4.69, 9.17) is 9.84 Å². The number of fused-ring (bicyclic) bond motifs is 1. The number of benzene rings is 1. The molecule has 2 aliphatic heterocycles. The SMILES string of the molecule is COCc1ccc(C)c(-n2ccc(-c3ccc4c(c3)CN(C3CCC(=O)NC3=O)C4=O)n2)n1. The molecular weight excluding hydrogens is 422 g/mol. The fraction of sp³-hybridized carbons (Fsp3) is 0.292. The van der Waals surface area contributed by atoms with Gasteiger partial charge in [-0.25, -0.2) is 9.67 Å². The smallest absolute Gasteiger partial charge is 0.255 e. The molecule has 1 unspecified atom stereocenters. The third-order valence-corrected chi connectivity index (χ3v) is 6.05. The summed E-state index contributed by atoms with van der Waals surface area (Å²) >= 11 is 0. The van der Waals surface area contributed by atoms with Crippen molar-refractivity contribution in [3.05, 3.63) is 65.0 Å². The first-order valence-electron chi connectivity index (χ1n) is 10.7. The Balaban J connectivity index is 1.40. The van der Waals surface area contributed by atoms with Gasteiger partial charge in [0, 0.05) is 37.4 Å². The molecule has 0 spiro atoms. The van der Waals surface area contributed by atoms with Crippen LogP contribution in [0.3, 0.4) is 0 Å². The molecule has 1 atom stereocenters. The molecule has 0 radical (unpaired) electrons. The topological polar surface area (TPSA) is 106 Å². The van der Waals surface area contributed by atoms with E-state index in [-0.39, 0.29) is 18.2 Å². The second-order valence-electron chi connectivity index (χ2n) is 8.29. The number of methoxy groups -OCH3 is 1. The van der Waals surface area contributed by atoms with Crippen molar-refractivity contribution in [2.75, 3.05) is 7.11 Å². The van der Waals surface area contributed by atoms with E-state index in [0.717, 1.165) is 33.9 Å². The number of piperidine rings is 1. The molecule has 2 aromatic heterocycles. The Morgan fingerprint density at radius 3 is 2.79 bits per heavy atom. The number of imide groups is 1. The van der Waals surface area contributed by atoms with Crippen LogP contribution in [0.2, 0.25) is 0 Å². The molecule has 33 heavy (non-hydrogen) atoms. The molecule has 1 fully saturated rings. The minimum atomic E-state index is -0.626. The van der Waals surface area contributed by atoms with Crippen molar-refractivity contribution in [2.45, 2.75) is 39.0 Å². The fourth-order valence-corrected chi connectivity index (χ4v) is 4.35. The van der Waals surface area contributed by atoms with E-state index in [1.165, 1.54) is 0 Å². The zero-order valence-electron chi connectivity index (χ0n) is 18.4. The summed E-state index contributed by atoms with van der Waals surface area (Å²) in [5.74, 6) is -0.164. The number of nitrogens with one attached hydrogen (secondary N) is 1. The highest BCUT2D eigenvalue weighted by Crippen LogP contribution is 2.31. The van der Waals surface area contributed by atoms with Gasteiger partial charge in [0.1, 0.15) is 6.04 Å². The molecule has 9 heteroatoms. The Kier molecular flexibility index (Phi) is 5.26. The minimum absolute atomic E-state index is 0.189. The van der Waals surface area contributed by atoms with Gasteiger partial charge >= 0.3 is 0 Å². The zero-order chi connectivity index (χ0) is 23.1. The fourth-order valence-electron chi connectivity index (χ4n) is 4.35. The van der Waals surface area contributed by atoms with Crippen molar-refractivity contribution >= 4 is 17.7 Å². The summed E-state index contributed by atoms with van der Waals surface area (Å²) in [6, 6.07) is 10.8. The quantitative estimate of drug-likeness (QED) is 0.603. The predicted molar refractivity (Wildman–Crippen MR) is 118 cm³/mol. The van der Waals surface area contributed by atoms with Gasteiger partial charge < -0.3 is 9.64 Å². The van der Waals surface area contributed by atoms with Gasteiger partial charge in [-0.3, -0.25) is 19.7 Å². The lowest BCUT2D eigenvalue weighted by Crippen LogP contribution is -2.52. The van der Waals surface area contributed by atoms with Crippen LogP contribution in [0.25, 0.3) is 17.1 Å². The van der Waals surface area contributed by atoms with Crippen LogP contribution in [0.15, 0.2) is 42.6 Å². The van der Waals surface area contributed by atoms with E-state index >= 15 is 0 Å². The third kappa shape index (κ3) is 3.80. The lowest BCUT2D eigenvalue weighted by atomic mass is 10.0. The number of amides is 3. The Hall–Kier alpha value is -3.85. The zero-order valence-corrected chi connectivity index (χ0v) is 18.4. The number of hydrogen-bond donors (Lipinski definition) is 1. The molecule has 0 bridgehead atoms. The third-order valence-electron chi connectivity index (χ3n) is 6.05. The highest BCUT2D eigenvalue weighted by Gasteiger charge is 2.39. The van der Waals surface area contributed by atoms with Crippen LogP contribution in [0.1, 0.15) is 40.0 Å². The first kappa shape index (κ1) is 21.0. The molecule has 1 aromatic carbocycles. The standard InChI is InChI=1S/C24H23N5O4/c1-14-3-5-17(13-33-2)25-22(14)29-10-9-19(27-29)15-4-6-18-16(11-15)12-28(24(18)32)20-7-8-21(30)26-23(20)31/h3-6,9-11,20H,7-8,12-13H2,1-2H3,(H,26,30,31). The summed E-state index contributed by atoms with van der Waals surface area (Å²) in [4.78, 5) is 42.8. The predicted octanol–water partition coefficient (Wildman–Crippen LogP) is 2.15. The van der Waals surface area contributed by atoms with Gasteiger partial charge in [-0.1, -0.05) is 12.1 Å². The number of ether oxygens (including phenoxy) is 1. The lowest BCUT2D eigenvalue weighted by Gasteiger charge is -2.29. The summed E-state index contributed by atoms with van der Waals surface area (Å²) in [5.41, 5.74) is 4.85. The monoisotopic (exact) mass is 445 g/mol. The van der Waals surface area contributed by atoms with Gasteiger partial charge in [-0.2, -0.15) is 5.10 Å². The van der Waals surface area contributed by atoms with Gasteiger partial charge in [0.2, 0.25) is 11.8 Å². The Morgan fingerprint density at radius 1 is 1.15 bits per heavy atom. The molecule has 3 aromatic rings. The van der Waals surface area contributed by atoms with Crippen LogP contribution in [0, 0.1) is 6.92 Å². The highest BCUT2D eigenvalue weighted by molar-refractivity contribution is 6.05. The number of nitrogens with zero attached hydrogens (tertiary/aromatic N) is 4. The summed E-state index contributed by atoms with van der Waals surface area (Å²) < 4.78 is 6.92. The Bertz CT molecular complexity index is 1280. The van der Waals surface area contributed by atoms with Gasteiger partial charge in [-0.15, -0.1) is 0 Å². The number of rotatable bonds is 5. The number of aromatic nitrogens is 3. The Morgan fingerprint density at radius 2 is 2.00 bits per heavy atom. The van der Waals surface area contributed by atoms with E-state index in [1.54, 1.807) is 22.8 Å². The minimum Gasteiger partial charge on any atom is -0.378 e. The molecule has 9 nitrogen and oxygen atoms in total. The largest absolute Gasteiger partial charge is 0.378 e. The average Bonchev–Trinajstić information content (AvgIpc) is 3.40. The van der Waals surface area contributed by atoms with Gasteiger partial charge in [-0.05, 0) is 48.7 Å². The second-order valence-corrected chi connectivity index (χ2v) is 8.29. The molecule has 168 valence electrons. The highest BCUT2D eigenvalue weighted by atomic mass is 16.5. The Labute approximate surface area is 190 Å². The number of carbonyl (C=O) groups excluding carboxylic acids is 3. The van der Waals surface area contributed by atoms with E-state index < -0.39 is 11.9 Å². The molecule has 0 saturated carbocycles. The summed E-state index contributed by atoms with van der Waals surface area (Å²) in [6.45, 7) is 2.73. The lowest BCUT2D eigenvalue weighted by molar-refractivity contribution is -0.136. The van der Waals surface area contributed by atoms with Crippen LogP contribution in [0.5, 0.6) is 0 Å². The first-order chi connectivity index (χ1) is 15.9. The van der Waals surface area contributed by atoms with E-state index in [9.17, 15) is 14.4 Å². The maximum atomic E-state index is 12.9. The molecule has 3 amide bonds. The number of pyridine rings is 1. The molecule has 2 aliphatic rings. The maximum Gasteiger partial charge on any atom is 0.255 e. The van der Waals surface area contributed by atoms with E-state index in [1.807, 2.05) is 43.5 Å². The van der Waals surface area contributed by atoms with Crippen molar-refractivity contribution in [3.63, 3.8) is 0 Å². The summed E-state index contributed by atoms with van der Waals surface area (Å²) in [5, 5.41) is 7.03. The summed E-state index contributed by atoms with van der Waals surface area (Å²) in [6.07, 6.45) is 2.43. The molecular formula is C24H23N5O4. The molecule has 5 rings (SSSR count). The van der Waals surface area contributed by atoms with E-state index in [2.05, 4.69) is 10.3 Å². The van der Waals surface area contributed by atoms with Gasteiger partial charge in [0.25, 0.3) is 5.91 Å². The normalized spacial score (nSPS) is 17.9. The van der Waals surface area contributed by atoms with Crippen LogP contribution in [-0.2, 0) is 27.5 Å². The van der Waals surface area contributed by atoms with E-state index in [0.29, 0.717) is 25.1 Å². The average molecular weight is 445 g/mol. The van der Waals surface area contributed by atoms with Crippen molar-refractivity contribution in [1.29, 1.82) is 0 Å². The van der Waals surface area contributed by atoms with Crippen molar-refractivity contribution < 1.29 is 19.1 Å². The maximum absolute atomic E-state index is 12.9. The number of carbonyl (C=O) groups is 3. The van der Waals surface area contributed by atoms with Crippen LogP contribution >= 0.6 is 0 Å². The second kappa shape index (κ2) is 8.25. The first-order valence-corrected chi connectivity index (χ1v) is 10.7. The molecule has 1 N–H and O–H groups in total. The van der Waals surface area contributed by atoms with Crippen molar-refractivity contribution in [2.24, 2.45) is 0 Å². The molecule has 0 aliphatic carbocycles. The number of hydrogen-bond acceptors (Lipinski definition) is 6. The van der Waals surface area contributed by atoms with Crippen LogP contribution in [0.4, 0.5) is 0 Å².